The van der Waals surface area contributed by atoms with Crippen molar-refractivity contribution in [2.75, 3.05) is 0 Å². The van der Waals surface area contributed by atoms with E-state index in [0.717, 1.165) is 10.9 Å². The monoisotopic (exact) mass is 332 g/mol. The fraction of sp³-hybridized carbons (Fsp3) is 0.333. The Kier molecular flexibility index (Phi) is 2.96. The van der Waals surface area contributed by atoms with Crippen molar-refractivity contribution in [2.24, 2.45) is 0 Å². The Balaban J connectivity index is 2.27. The van der Waals surface area contributed by atoms with Gasteiger partial charge in [-0.3, -0.25) is 0 Å². The maximum absolute atomic E-state index is 10.6. The molecule has 2 aromatic rings. The molecule has 0 aliphatic carbocycles. The third-order valence-electron chi connectivity index (χ3n) is 3.60. The summed E-state index contributed by atoms with van der Waals surface area (Å²) >= 11 is 3.51. The maximum atomic E-state index is 10.6. The van der Waals surface area contributed by atoms with Gasteiger partial charge in [0, 0.05) is 10.9 Å². The lowest BCUT2D eigenvalue weighted by molar-refractivity contribution is 0.0236. The number of hydrogen-bond acceptors (Lipinski definition) is 4. The number of rotatable bonds is 0. The summed E-state index contributed by atoms with van der Waals surface area (Å²) in [6.07, 6.45) is -0.688. The first-order valence-corrected chi connectivity index (χ1v) is 7.20. The SMILES string of the molecule is CC1(C)Oc2ccc3nc(C#N)ccc3c2[C@H](O)[C@H]1Br. The molecule has 0 fully saturated rings. The first kappa shape index (κ1) is 13.3. The van der Waals surface area contributed by atoms with E-state index in [1.165, 1.54) is 0 Å². The van der Waals surface area contributed by atoms with Gasteiger partial charge in [0.05, 0.1) is 16.4 Å². The van der Waals surface area contributed by atoms with E-state index in [0.29, 0.717) is 17.0 Å². The van der Waals surface area contributed by atoms with Gasteiger partial charge < -0.3 is 9.84 Å². The lowest BCUT2D eigenvalue weighted by atomic mass is 9.89. The number of aromatic nitrogens is 1. The number of hydrogen-bond donors (Lipinski definition) is 1. The number of pyridine rings is 1. The third kappa shape index (κ3) is 1.88. The van der Waals surface area contributed by atoms with Crippen molar-refractivity contribution in [1.29, 1.82) is 5.26 Å². The zero-order valence-electron chi connectivity index (χ0n) is 11.1. The zero-order chi connectivity index (χ0) is 14.5. The van der Waals surface area contributed by atoms with Gasteiger partial charge in [0.15, 0.2) is 0 Å². The van der Waals surface area contributed by atoms with E-state index < -0.39 is 11.7 Å². The van der Waals surface area contributed by atoms with Crippen LogP contribution in [0, 0.1) is 11.3 Å². The number of nitriles is 1. The number of nitrogens with zero attached hydrogens (tertiary/aromatic N) is 2. The van der Waals surface area contributed by atoms with E-state index in [4.69, 9.17) is 10.00 Å². The average Bonchev–Trinajstić information content (AvgIpc) is 2.43. The molecule has 2 heterocycles. The van der Waals surface area contributed by atoms with E-state index in [9.17, 15) is 5.11 Å². The zero-order valence-corrected chi connectivity index (χ0v) is 12.7. The van der Waals surface area contributed by atoms with Crippen molar-refractivity contribution in [1.82, 2.24) is 4.98 Å². The summed E-state index contributed by atoms with van der Waals surface area (Å²) < 4.78 is 5.97. The van der Waals surface area contributed by atoms with E-state index in [1.54, 1.807) is 12.1 Å². The number of aliphatic hydroxyl groups excluding tert-OH is 1. The molecule has 1 aliphatic rings. The quantitative estimate of drug-likeness (QED) is 0.753. The molecule has 1 aromatic carbocycles. The van der Waals surface area contributed by atoms with E-state index in [2.05, 4.69) is 20.9 Å². The highest BCUT2D eigenvalue weighted by molar-refractivity contribution is 9.09. The van der Waals surface area contributed by atoms with Crippen LogP contribution in [0.5, 0.6) is 5.75 Å². The van der Waals surface area contributed by atoms with Crippen LogP contribution in [0.25, 0.3) is 10.9 Å². The normalized spacial score (nSPS) is 23.8. The van der Waals surface area contributed by atoms with Crippen molar-refractivity contribution in [2.45, 2.75) is 30.4 Å². The summed E-state index contributed by atoms with van der Waals surface area (Å²) in [4.78, 5) is 4.04. The molecule has 0 saturated heterocycles. The fourth-order valence-electron chi connectivity index (χ4n) is 2.53. The Hall–Kier alpha value is -1.64. The molecule has 20 heavy (non-hydrogen) atoms. The molecule has 0 bridgehead atoms. The second-order valence-corrected chi connectivity index (χ2v) is 6.39. The number of alkyl halides is 1. The highest BCUT2D eigenvalue weighted by Gasteiger charge is 2.42. The van der Waals surface area contributed by atoms with Crippen LogP contribution < -0.4 is 4.74 Å². The maximum Gasteiger partial charge on any atom is 0.141 e. The second kappa shape index (κ2) is 4.44. The molecular weight excluding hydrogens is 320 g/mol. The lowest BCUT2D eigenvalue weighted by Gasteiger charge is -2.40. The summed E-state index contributed by atoms with van der Waals surface area (Å²) in [5.74, 6) is 0.664. The van der Waals surface area contributed by atoms with Crippen LogP contribution in [0.15, 0.2) is 24.3 Å². The lowest BCUT2D eigenvalue weighted by Crippen LogP contribution is -2.45. The fourth-order valence-corrected chi connectivity index (χ4v) is 2.89. The summed E-state index contributed by atoms with van der Waals surface area (Å²) in [6.45, 7) is 3.86. The van der Waals surface area contributed by atoms with E-state index in [-0.39, 0.29) is 4.83 Å². The summed E-state index contributed by atoms with van der Waals surface area (Å²) in [5.41, 5.74) is 1.27. The van der Waals surface area contributed by atoms with Crippen LogP contribution in [0.2, 0.25) is 0 Å². The van der Waals surface area contributed by atoms with Gasteiger partial charge in [0.2, 0.25) is 0 Å². The van der Waals surface area contributed by atoms with Gasteiger partial charge >= 0.3 is 0 Å². The van der Waals surface area contributed by atoms with Crippen LogP contribution in [-0.2, 0) is 0 Å². The van der Waals surface area contributed by atoms with Gasteiger partial charge in [-0.15, -0.1) is 0 Å². The number of fused-ring (bicyclic) bond motifs is 3. The highest BCUT2D eigenvalue weighted by Crippen LogP contribution is 2.45. The van der Waals surface area contributed by atoms with Crippen LogP contribution in [0.1, 0.15) is 31.2 Å². The number of aliphatic hydroxyl groups is 1. The molecule has 1 N–H and O–H groups in total. The predicted molar refractivity (Wildman–Crippen MR) is 78.8 cm³/mol. The molecule has 102 valence electrons. The van der Waals surface area contributed by atoms with Gasteiger partial charge in [-0.25, -0.2) is 4.98 Å². The Morgan fingerprint density at radius 3 is 2.80 bits per heavy atom. The van der Waals surface area contributed by atoms with Crippen molar-refractivity contribution < 1.29 is 9.84 Å². The first-order chi connectivity index (χ1) is 9.44. The van der Waals surface area contributed by atoms with Gasteiger partial charge in [-0.2, -0.15) is 5.26 Å². The topological polar surface area (TPSA) is 66.1 Å². The Morgan fingerprint density at radius 2 is 2.10 bits per heavy atom. The molecule has 4 nitrogen and oxygen atoms in total. The van der Waals surface area contributed by atoms with E-state index in [1.807, 2.05) is 32.0 Å². The van der Waals surface area contributed by atoms with Gasteiger partial charge in [-0.05, 0) is 38.1 Å². The van der Waals surface area contributed by atoms with Crippen LogP contribution in [0.3, 0.4) is 0 Å². The number of ether oxygens (including phenoxy) is 1. The predicted octanol–water partition coefficient (Wildman–Crippen LogP) is 3.07. The largest absolute Gasteiger partial charge is 0.486 e. The first-order valence-electron chi connectivity index (χ1n) is 6.29. The van der Waals surface area contributed by atoms with Crippen molar-refractivity contribution in [3.8, 4) is 11.8 Å². The molecule has 1 aromatic heterocycles. The third-order valence-corrected chi connectivity index (χ3v) is 5.20. The Morgan fingerprint density at radius 1 is 1.35 bits per heavy atom. The van der Waals surface area contributed by atoms with Crippen LogP contribution >= 0.6 is 15.9 Å². The number of halogens is 1. The second-order valence-electron chi connectivity index (χ2n) is 5.40. The van der Waals surface area contributed by atoms with Crippen LogP contribution in [-0.4, -0.2) is 20.5 Å². The van der Waals surface area contributed by atoms with E-state index >= 15 is 0 Å². The van der Waals surface area contributed by atoms with Gasteiger partial charge in [-0.1, -0.05) is 15.9 Å². The molecule has 3 rings (SSSR count). The van der Waals surface area contributed by atoms with Crippen molar-refractivity contribution >= 4 is 26.8 Å². The molecule has 1 aliphatic heterocycles. The highest BCUT2D eigenvalue weighted by atomic mass is 79.9. The summed E-state index contributed by atoms with van der Waals surface area (Å²) in [5, 5.41) is 20.3. The molecule has 5 heteroatoms. The standard InChI is InChI=1S/C15H13BrN2O2/c1-15(2)14(16)13(19)12-9-4-3-8(7-17)18-10(9)5-6-11(12)20-15/h3-6,13-14,19H,1-2H3/t13-,14+/m0/s1. The summed E-state index contributed by atoms with van der Waals surface area (Å²) in [7, 11) is 0. The molecule has 0 amide bonds. The Labute approximate surface area is 125 Å². The van der Waals surface area contributed by atoms with Gasteiger partial charge in [0.1, 0.15) is 23.1 Å². The number of benzene rings is 1. The van der Waals surface area contributed by atoms with Crippen molar-refractivity contribution in [3.05, 3.63) is 35.5 Å². The minimum atomic E-state index is -0.688. The minimum absolute atomic E-state index is 0.219. The summed E-state index contributed by atoms with van der Waals surface area (Å²) in [6, 6.07) is 9.09. The molecule has 0 radical (unpaired) electrons. The Bertz CT molecular complexity index is 736. The minimum Gasteiger partial charge on any atom is -0.486 e. The molecular formula is C15H13BrN2O2. The molecule has 0 saturated carbocycles. The smallest absolute Gasteiger partial charge is 0.141 e. The van der Waals surface area contributed by atoms with Crippen LogP contribution in [0.4, 0.5) is 0 Å². The average molecular weight is 333 g/mol. The van der Waals surface area contributed by atoms with Gasteiger partial charge in [0.25, 0.3) is 0 Å². The molecule has 0 unspecified atom stereocenters. The molecule has 0 spiro atoms. The molecule has 2 atom stereocenters. The van der Waals surface area contributed by atoms with Crippen molar-refractivity contribution in [3.63, 3.8) is 0 Å².